The molecule has 2 rings (SSSR count). The Kier molecular flexibility index (Phi) is 4.88. The van der Waals surface area contributed by atoms with Crippen LogP contribution in [0.25, 0.3) is 0 Å². The monoisotopic (exact) mass is 365 g/mol. The second-order valence-corrected chi connectivity index (χ2v) is 5.36. The Bertz CT molecular complexity index is 578. The summed E-state index contributed by atoms with van der Waals surface area (Å²) in [6.07, 6.45) is 3.11. The molecule has 0 spiro atoms. The molecule has 1 heterocycles. The Morgan fingerprint density at radius 2 is 2.15 bits per heavy atom. The maximum absolute atomic E-state index is 12.5. The van der Waals surface area contributed by atoms with Crippen LogP contribution in [0.3, 0.4) is 0 Å². The fraction of sp³-hybridized carbons (Fsp3) is 0.231. The molecule has 0 saturated carbocycles. The van der Waals surface area contributed by atoms with Gasteiger partial charge >= 0.3 is 6.61 Å². The number of anilines is 1. The van der Waals surface area contributed by atoms with Gasteiger partial charge in [-0.3, -0.25) is 0 Å². The van der Waals surface area contributed by atoms with Gasteiger partial charge in [-0.05, 0) is 41.1 Å². The molecule has 0 radical (unpaired) electrons. The van der Waals surface area contributed by atoms with Gasteiger partial charge in [-0.15, -0.1) is 0 Å². The van der Waals surface area contributed by atoms with E-state index >= 15 is 0 Å². The van der Waals surface area contributed by atoms with Crippen molar-refractivity contribution >= 4 is 33.2 Å². The Labute approximate surface area is 128 Å². The van der Waals surface area contributed by atoms with Crippen LogP contribution in [0.1, 0.15) is 18.5 Å². The number of furan rings is 1. The molecule has 1 N–H and O–H groups in total. The lowest BCUT2D eigenvalue weighted by atomic mass is 10.1. The normalized spacial score (nSPS) is 12.5. The average molecular weight is 367 g/mol. The molecular formula is C13H11BrClF2NO2. The molecule has 0 saturated heterocycles. The molecular weight excluding hydrogens is 356 g/mol. The first-order chi connectivity index (χ1) is 9.47. The highest BCUT2D eigenvalue weighted by molar-refractivity contribution is 9.10. The SMILES string of the molecule is CC(Nc1cc(Cl)cc(Br)c1OC(F)F)c1ccoc1. The zero-order chi connectivity index (χ0) is 14.7. The maximum atomic E-state index is 12.5. The summed E-state index contributed by atoms with van der Waals surface area (Å²) in [5.41, 5.74) is 1.25. The van der Waals surface area contributed by atoms with Crippen molar-refractivity contribution in [3.63, 3.8) is 0 Å². The standard InChI is InChI=1S/C13H11BrClF2NO2/c1-7(8-2-3-19-6-8)18-11-5-9(15)4-10(14)12(11)20-13(16)17/h2-7,13,18H,1H3. The van der Waals surface area contributed by atoms with Crippen molar-refractivity contribution in [1.29, 1.82) is 0 Å². The third-order valence-electron chi connectivity index (χ3n) is 2.63. The van der Waals surface area contributed by atoms with E-state index in [2.05, 4.69) is 26.0 Å². The first-order valence-electron chi connectivity index (χ1n) is 5.70. The lowest BCUT2D eigenvalue weighted by molar-refractivity contribution is -0.0498. The van der Waals surface area contributed by atoms with Crippen molar-refractivity contribution in [3.05, 3.63) is 45.8 Å². The van der Waals surface area contributed by atoms with Crippen molar-refractivity contribution in [2.75, 3.05) is 5.32 Å². The number of halogens is 4. The molecule has 20 heavy (non-hydrogen) atoms. The third kappa shape index (κ3) is 3.64. The van der Waals surface area contributed by atoms with Crippen LogP contribution in [-0.2, 0) is 0 Å². The minimum Gasteiger partial charge on any atom is -0.472 e. The molecule has 108 valence electrons. The van der Waals surface area contributed by atoms with Crippen molar-refractivity contribution in [3.8, 4) is 5.75 Å². The third-order valence-corrected chi connectivity index (χ3v) is 3.44. The summed E-state index contributed by atoms with van der Waals surface area (Å²) in [5.74, 6) is 0.0137. The van der Waals surface area contributed by atoms with Gasteiger partial charge in [0, 0.05) is 10.6 Å². The zero-order valence-electron chi connectivity index (χ0n) is 10.4. The Balaban J connectivity index is 2.29. The second-order valence-electron chi connectivity index (χ2n) is 4.07. The second kappa shape index (κ2) is 6.45. The Hall–Kier alpha value is -1.27. The summed E-state index contributed by atoms with van der Waals surface area (Å²) in [4.78, 5) is 0. The van der Waals surface area contributed by atoms with Crippen molar-refractivity contribution in [1.82, 2.24) is 0 Å². The molecule has 0 aliphatic carbocycles. The largest absolute Gasteiger partial charge is 0.472 e. The molecule has 1 aromatic carbocycles. The number of alkyl halides is 2. The van der Waals surface area contributed by atoms with Crippen LogP contribution in [0.2, 0.25) is 5.02 Å². The van der Waals surface area contributed by atoms with E-state index in [1.165, 1.54) is 18.4 Å². The van der Waals surface area contributed by atoms with Crippen LogP contribution in [0, 0.1) is 0 Å². The summed E-state index contributed by atoms with van der Waals surface area (Å²) >= 11 is 9.10. The van der Waals surface area contributed by atoms with E-state index in [0.29, 0.717) is 15.2 Å². The van der Waals surface area contributed by atoms with Gasteiger partial charge in [-0.25, -0.2) is 0 Å². The molecule has 0 fully saturated rings. The predicted octanol–water partition coefficient (Wildman–Crippen LogP) is 5.47. The van der Waals surface area contributed by atoms with Gasteiger partial charge in [-0.2, -0.15) is 8.78 Å². The van der Waals surface area contributed by atoms with Crippen molar-refractivity contribution in [2.45, 2.75) is 19.6 Å². The zero-order valence-corrected chi connectivity index (χ0v) is 12.7. The van der Waals surface area contributed by atoms with E-state index < -0.39 is 6.61 Å². The number of nitrogens with one attached hydrogen (secondary N) is 1. The lowest BCUT2D eigenvalue weighted by Gasteiger charge is -2.18. The highest BCUT2D eigenvalue weighted by atomic mass is 79.9. The number of rotatable bonds is 5. The quantitative estimate of drug-likeness (QED) is 0.762. The van der Waals surface area contributed by atoms with Crippen LogP contribution < -0.4 is 10.1 Å². The van der Waals surface area contributed by atoms with E-state index in [1.54, 1.807) is 12.3 Å². The molecule has 0 aliphatic heterocycles. The van der Waals surface area contributed by atoms with Crippen LogP contribution in [0.4, 0.5) is 14.5 Å². The Morgan fingerprint density at radius 1 is 1.40 bits per heavy atom. The first kappa shape index (κ1) is 15.1. The summed E-state index contributed by atoms with van der Waals surface area (Å²) in [6, 6.07) is 4.65. The Morgan fingerprint density at radius 3 is 2.75 bits per heavy atom. The molecule has 0 amide bonds. The van der Waals surface area contributed by atoms with Gasteiger partial charge in [0.25, 0.3) is 0 Å². The van der Waals surface area contributed by atoms with E-state index in [0.717, 1.165) is 5.56 Å². The van der Waals surface area contributed by atoms with Gasteiger partial charge in [0.05, 0.1) is 28.7 Å². The van der Waals surface area contributed by atoms with Crippen molar-refractivity contribution < 1.29 is 17.9 Å². The molecule has 1 unspecified atom stereocenters. The predicted molar refractivity (Wildman–Crippen MR) is 76.5 cm³/mol. The highest BCUT2D eigenvalue weighted by Gasteiger charge is 2.17. The fourth-order valence-corrected chi connectivity index (χ4v) is 2.62. The van der Waals surface area contributed by atoms with Gasteiger partial charge in [0.1, 0.15) is 0 Å². The van der Waals surface area contributed by atoms with E-state index in [9.17, 15) is 8.78 Å². The van der Waals surface area contributed by atoms with Crippen LogP contribution in [0.5, 0.6) is 5.75 Å². The lowest BCUT2D eigenvalue weighted by Crippen LogP contribution is -2.10. The molecule has 3 nitrogen and oxygen atoms in total. The number of ether oxygens (including phenoxy) is 1. The molecule has 7 heteroatoms. The molecule has 0 bridgehead atoms. The van der Waals surface area contributed by atoms with E-state index in [4.69, 9.17) is 16.0 Å². The van der Waals surface area contributed by atoms with Crippen LogP contribution >= 0.6 is 27.5 Å². The number of hydrogen-bond donors (Lipinski definition) is 1. The minimum atomic E-state index is -2.92. The molecule has 1 atom stereocenters. The summed E-state index contributed by atoms with van der Waals surface area (Å²) < 4.78 is 34.8. The van der Waals surface area contributed by atoms with Gasteiger partial charge in [0.2, 0.25) is 0 Å². The van der Waals surface area contributed by atoms with E-state index in [-0.39, 0.29) is 11.8 Å². The number of benzene rings is 1. The number of hydrogen-bond acceptors (Lipinski definition) is 3. The molecule has 1 aromatic heterocycles. The highest BCUT2D eigenvalue weighted by Crippen LogP contribution is 2.39. The summed E-state index contributed by atoms with van der Waals surface area (Å²) in [6.45, 7) is -1.05. The van der Waals surface area contributed by atoms with E-state index in [1.807, 2.05) is 6.92 Å². The van der Waals surface area contributed by atoms with Crippen LogP contribution in [-0.4, -0.2) is 6.61 Å². The average Bonchev–Trinajstić information content (AvgIpc) is 2.87. The maximum Gasteiger partial charge on any atom is 0.387 e. The first-order valence-corrected chi connectivity index (χ1v) is 6.87. The van der Waals surface area contributed by atoms with Crippen LogP contribution in [0.15, 0.2) is 39.6 Å². The molecule has 0 aliphatic rings. The van der Waals surface area contributed by atoms with Gasteiger partial charge < -0.3 is 14.5 Å². The van der Waals surface area contributed by atoms with Gasteiger partial charge in [-0.1, -0.05) is 11.6 Å². The fourth-order valence-electron chi connectivity index (χ4n) is 1.71. The minimum absolute atomic E-state index is 0.0137. The molecule has 2 aromatic rings. The van der Waals surface area contributed by atoms with Crippen molar-refractivity contribution in [2.24, 2.45) is 0 Å². The summed E-state index contributed by atoms with van der Waals surface area (Å²) in [5, 5.41) is 3.47. The topological polar surface area (TPSA) is 34.4 Å². The smallest absolute Gasteiger partial charge is 0.387 e. The van der Waals surface area contributed by atoms with Gasteiger partial charge in [0.15, 0.2) is 5.75 Å². The summed E-state index contributed by atoms with van der Waals surface area (Å²) in [7, 11) is 0.